The summed E-state index contributed by atoms with van der Waals surface area (Å²) in [5.41, 5.74) is 6.83. The topological polar surface area (TPSA) is 55.8 Å². The van der Waals surface area contributed by atoms with Crippen LogP contribution in [0.3, 0.4) is 0 Å². The normalized spacial score (nSPS) is 18.0. The molecule has 26 heavy (non-hydrogen) atoms. The Kier molecular flexibility index (Phi) is 5.66. The monoisotopic (exact) mass is 359 g/mol. The lowest BCUT2D eigenvalue weighted by Crippen LogP contribution is -2.46. The van der Waals surface area contributed by atoms with Gasteiger partial charge in [-0.15, -0.1) is 0 Å². The van der Waals surface area contributed by atoms with E-state index in [0.29, 0.717) is 19.6 Å². The molecule has 2 aliphatic heterocycles. The molecule has 1 amide bonds. The van der Waals surface area contributed by atoms with Crippen LogP contribution in [-0.2, 0) is 38.4 Å². The third kappa shape index (κ3) is 3.50. The fraction of sp³-hybridized carbons (Fsp3) is 0.619. The molecule has 1 saturated heterocycles. The number of amides is 1. The third-order valence-corrected chi connectivity index (χ3v) is 5.97. The molecule has 0 radical (unpaired) electrons. The van der Waals surface area contributed by atoms with Crippen molar-refractivity contribution < 1.29 is 19.1 Å². The Morgan fingerprint density at radius 3 is 2.46 bits per heavy atom. The van der Waals surface area contributed by atoms with Crippen LogP contribution in [0.5, 0.6) is 0 Å². The number of rotatable bonds is 4. The van der Waals surface area contributed by atoms with Crippen molar-refractivity contribution in [2.45, 2.75) is 66.0 Å². The molecule has 1 aromatic rings. The molecule has 5 nitrogen and oxygen atoms in total. The van der Waals surface area contributed by atoms with Crippen LogP contribution < -0.4 is 0 Å². The van der Waals surface area contributed by atoms with E-state index in [4.69, 9.17) is 9.47 Å². The van der Waals surface area contributed by atoms with Crippen molar-refractivity contribution in [3.8, 4) is 0 Å². The van der Waals surface area contributed by atoms with Gasteiger partial charge in [0.05, 0.1) is 19.4 Å². The highest BCUT2D eigenvalue weighted by Gasteiger charge is 2.33. The number of benzene rings is 1. The second-order valence-electron chi connectivity index (χ2n) is 7.33. The molecule has 5 heteroatoms. The number of hydrogen-bond acceptors (Lipinski definition) is 4. The minimum Gasteiger partial charge on any atom is -0.466 e. The molecule has 142 valence electrons. The molecule has 2 aliphatic rings. The summed E-state index contributed by atoms with van der Waals surface area (Å²) in [6.45, 7) is 10.6. The van der Waals surface area contributed by atoms with Gasteiger partial charge in [0.2, 0.25) is 5.91 Å². The Balaban J connectivity index is 1.94. The summed E-state index contributed by atoms with van der Waals surface area (Å²) in [6, 6.07) is 0.281. The standard InChI is InChI=1S/C21H29NO4/c1-5-26-21(24)11-17-13(2)14(3)19-12-22(16-6-8-25-9-7-16)20(23)10-18(19)15(17)4/h16H,5-12H2,1-4H3. The quantitative estimate of drug-likeness (QED) is 0.776. The van der Waals surface area contributed by atoms with E-state index in [1.54, 1.807) is 0 Å². The van der Waals surface area contributed by atoms with Gasteiger partial charge in [0, 0.05) is 25.8 Å². The molecule has 0 atom stereocenters. The predicted octanol–water partition coefficient (Wildman–Crippen LogP) is 2.78. The largest absolute Gasteiger partial charge is 0.466 e. The summed E-state index contributed by atoms with van der Waals surface area (Å²) in [4.78, 5) is 26.9. The van der Waals surface area contributed by atoms with Crippen LogP contribution in [0.2, 0.25) is 0 Å². The highest BCUT2D eigenvalue weighted by Crippen LogP contribution is 2.34. The van der Waals surface area contributed by atoms with E-state index in [0.717, 1.165) is 48.3 Å². The molecule has 1 fully saturated rings. The van der Waals surface area contributed by atoms with E-state index in [9.17, 15) is 9.59 Å². The zero-order valence-electron chi connectivity index (χ0n) is 16.3. The van der Waals surface area contributed by atoms with Gasteiger partial charge < -0.3 is 14.4 Å². The van der Waals surface area contributed by atoms with Gasteiger partial charge >= 0.3 is 5.97 Å². The maximum absolute atomic E-state index is 12.8. The van der Waals surface area contributed by atoms with Gasteiger partial charge in [-0.05, 0) is 73.9 Å². The number of nitrogens with zero attached hydrogens (tertiary/aromatic N) is 1. The van der Waals surface area contributed by atoms with Crippen molar-refractivity contribution >= 4 is 11.9 Å². The van der Waals surface area contributed by atoms with Crippen LogP contribution in [0.1, 0.15) is 53.1 Å². The van der Waals surface area contributed by atoms with Crippen LogP contribution in [0.25, 0.3) is 0 Å². The van der Waals surface area contributed by atoms with Crippen LogP contribution in [0.15, 0.2) is 0 Å². The van der Waals surface area contributed by atoms with Gasteiger partial charge in [-0.25, -0.2) is 0 Å². The van der Waals surface area contributed by atoms with Crippen LogP contribution in [0, 0.1) is 20.8 Å². The van der Waals surface area contributed by atoms with Crippen molar-refractivity contribution in [2.24, 2.45) is 0 Å². The lowest BCUT2D eigenvalue weighted by atomic mass is 9.83. The van der Waals surface area contributed by atoms with Gasteiger partial charge in [-0.3, -0.25) is 9.59 Å². The maximum Gasteiger partial charge on any atom is 0.310 e. The average Bonchev–Trinajstić information content (AvgIpc) is 2.64. The molecule has 0 N–H and O–H groups in total. The fourth-order valence-electron chi connectivity index (χ4n) is 4.28. The Hall–Kier alpha value is -1.88. The number of carbonyl (C=O) groups excluding carboxylic acids is 2. The summed E-state index contributed by atoms with van der Waals surface area (Å²) in [6.07, 6.45) is 2.53. The molecule has 2 heterocycles. The number of carbonyl (C=O) groups is 2. The first-order valence-corrected chi connectivity index (χ1v) is 9.57. The highest BCUT2D eigenvalue weighted by atomic mass is 16.5. The fourth-order valence-corrected chi connectivity index (χ4v) is 4.28. The highest BCUT2D eigenvalue weighted by molar-refractivity contribution is 5.83. The molecule has 0 saturated carbocycles. The van der Waals surface area contributed by atoms with E-state index in [1.165, 1.54) is 11.1 Å². The van der Waals surface area contributed by atoms with Crippen LogP contribution in [-0.4, -0.2) is 42.6 Å². The SMILES string of the molecule is CCOC(=O)Cc1c(C)c(C)c2c(c1C)CC(=O)N(C1CCOCC1)C2. The molecular weight excluding hydrogens is 330 g/mol. The van der Waals surface area contributed by atoms with Crippen molar-refractivity contribution in [3.63, 3.8) is 0 Å². The summed E-state index contributed by atoms with van der Waals surface area (Å²) in [7, 11) is 0. The van der Waals surface area contributed by atoms with E-state index in [1.807, 2.05) is 18.7 Å². The first-order chi connectivity index (χ1) is 12.4. The Morgan fingerprint density at radius 1 is 1.12 bits per heavy atom. The van der Waals surface area contributed by atoms with Gasteiger partial charge in [0.25, 0.3) is 0 Å². The molecule has 0 unspecified atom stereocenters. The minimum atomic E-state index is -0.205. The summed E-state index contributed by atoms with van der Waals surface area (Å²) < 4.78 is 10.6. The molecular formula is C21H29NO4. The van der Waals surface area contributed by atoms with E-state index in [-0.39, 0.29) is 24.3 Å². The molecule has 0 aromatic heterocycles. The Labute approximate surface area is 155 Å². The van der Waals surface area contributed by atoms with Crippen LogP contribution >= 0.6 is 0 Å². The predicted molar refractivity (Wildman–Crippen MR) is 99.1 cm³/mol. The van der Waals surface area contributed by atoms with Gasteiger partial charge in [0.15, 0.2) is 0 Å². The summed E-state index contributed by atoms with van der Waals surface area (Å²) in [5.74, 6) is -0.0122. The van der Waals surface area contributed by atoms with Crippen molar-refractivity contribution in [3.05, 3.63) is 33.4 Å². The zero-order chi connectivity index (χ0) is 18.8. The van der Waals surface area contributed by atoms with Crippen molar-refractivity contribution in [1.29, 1.82) is 0 Å². The maximum atomic E-state index is 12.8. The first-order valence-electron chi connectivity index (χ1n) is 9.57. The van der Waals surface area contributed by atoms with Crippen molar-refractivity contribution in [2.75, 3.05) is 19.8 Å². The van der Waals surface area contributed by atoms with Gasteiger partial charge in [-0.2, -0.15) is 0 Å². The van der Waals surface area contributed by atoms with Crippen LogP contribution in [0.4, 0.5) is 0 Å². The smallest absolute Gasteiger partial charge is 0.310 e. The zero-order valence-corrected chi connectivity index (χ0v) is 16.3. The number of esters is 1. The summed E-state index contributed by atoms with van der Waals surface area (Å²) >= 11 is 0. The molecule has 0 spiro atoms. The second-order valence-corrected chi connectivity index (χ2v) is 7.33. The summed E-state index contributed by atoms with van der Waals surface area (Å²) in [5, 5.41) is 0. The van der Waals surface area contributed by atoms with E-state index in [2.05, 4.69) is 13.8 Å². The Bertz CT molecular complexity index is 719. The molecule has 3 rings (SSSR count). The second kappa shape index (κ2) is 7.78. The molecule has 0 bridgehead atoms. The number of hydrogen-bond donors (Lipinski definition) is 0. The Morgan fingerprint density at radius 2 is 1.81 bits per heavy atom. The number of ether oxygens (including phenoxy) is 2. The van der Waals surface area contributed by atoms with Gasteiger partial charge in [-0.1, -0.05) is 0 Å². The van der Waals surface area contributed by atoms with E-state index >= 15 is 0 Å². The van der Waals surface area contributed by atoms with Gasteiger partial charge in [0.1, 0.15) is 0 Å². The minimum absolute atomic E-state index is 0.192. The number of fused-ring (bicyclic) bond motifs is 1. The van der Waals surface area contributed by atoms with Crippen molar-refractivity contribution in [1.82, 2.24) is 4.90 Å². The molecule has 0 aliphatic carbocycles. The lowest BCUT2D eigenvalue weighted by molar-refractivity contribution is -0.142. The lowest BCUT2D eigenvalue weighted by Gasteiger charge is -2.39. The molecule has 1 aromatic carbocycles. The first kappa shape index (κ1) is 18.9. The average molecular weight is 359 g/mol. The third-order valence-electron chi connectivity index (χ3n) is 5.97. The van der Waals surface area contributed by atoms with E-state index < -0.39 is 0 Å².